The summed E-state index contributed by atoms with van der Waals surface area (Å²) in [4.78, 5) is 10.9. The summed E-state index contributed by atoms with van der Waals surface area (Å²) in [5, 5.41) is 6.99. The molecule has 4 nitrogen and oxygen atoms in total. The first-order valence-corrected chi connectivity index (χ1v) is 4.87. The summed E-state index contributed by atoms with van der Waals surface area (Å²) in [5.41, 5.74) is 3.06. The van der Waals surface area contributed by atoms with E-state index in [2.05, 4.69) is 10.4 Å². The Bertz CT molecular complexity index is 412. The molecule has 0 saturated heterocycles. The molecule has 1 heterocycles. The molecule has 0 radical (unpaired) electrons. The first-order valence-electron chi connectivity index (χ1n) is 4.87. The van der Waals surface area contributed by atoms with Gasteiger partial charge in [-0.1, -0.05) is 0 Å². The molecule has 0 saturated carbocycles. The van der Waals surface area contributed by atoms with Crippen molar-refractivity contribution >= 4 is 5.91 Å². The predicted octanol–water partition coefficient (Wildman–Crippen LogP) is 0.769. The Balaban J connectivity index is 2.82. The van der Waals surface area contributed by atoms with E-state index < -0.39 is 5.91 Å². The van der Waals surface area contributed by atoms with Crippen molar-refractivity contribution < 1.29 is 4.79 Å². The van der Waals surface area contributed by atoms with Crippen LogP contribution in [-0.2, 0) is 17.9 Å². The normalized spacial score (nSPS) is 9.73. The van der Waals surface area contributed by atoms with Gasteiger partial charge in [0.2, 0.25) is 0 Å². The Labute approximate surface area is 89.7 Å². The molecule has 80 valence electrons. The lowest BCUT2D eigenvalue weighted by Crippen LogP contribution is -2.21. The number of nitrogens with one attached hydrogen (secondary N) is 1. The van der Waals surface area contributed by atoms with Crippen LogP contribution in [0.3, 0.4) is 0 Å². The van der Waals surface area contributed by atoms with Crippen LogP contribution in [0.15, 0.2) is 0 Å². The van der Waals surface area contributed by atoms with Crippen LogP contribution in [0.1, 0.15) is 23.9 Å². The maximum atomic E-state index is 10.9. The van der Waals surface area contributed by atoms with Crippen molar-refractivity contribution in [2.75, 3.05) is 0 Å². The fraction of sp³-hybridized carbons (Fsp3) is 0.455. The van der Waals surface area contributed by atoms with E-state index in [1.54, 1.807) is 0 Å². The van der Waals surface area contributed by atoms with Crippen LogP contribution in [0.25, 0.3) is 0 Å². The van der Waals surface area contributed by atoms with Gasteiger partial charge in [0.1, 0.15) is 0 Å². The number of rotatable bonds is 3. The van der Waals surface area contributed by atoms with Gasteiger partial charge >= 0.3 is 0 Å². The molecule has 0 spiro atoms. The second-order valence-electron chi connectivity index (χ2n) is 3.29. The molecule has 4 heteroatoms. The molecule has 15 heavy (non-hydrogen) atoms. The molecule has 1 amide bonds. The summed E-state index contributed by atoms with van der Waals surface area (Å²) in [5.74, 6) is 1.63. The van der Waals surface area contributed by atoms with Gasteiger partial charge in [0.05, 0.1) is 5.69 Å². The first-order chi connectivity index (χ1) is 7.10. The third kappa shape index (κ3) is 2.38. The minimum absolute atomic E-state index is 0.391. The Morgan fingerprint density at radius 1 is 1.60 bits per heavy atom. The lowest BCUT2D eigenvalue weighted by Gasteiger charge is -2.02. The molecule has 1 N–H and O–H groups in total. The van der Waals surface area contributed by atoms with Gasteiger partial charge in [-0.2, -0.15) is 5.10 Å². The van der Waals surface area contributed by atoms with Gasteiger partial charge in [-0.05, 0) is 26.7 Å². The fourth-order valence-corrected chi connectivity index (χ4v) is 1.52. The van der Waals surface area contributed by atoms with Crippen molar-refractivity contribution in [1.29, 1.82) is 0 Å². The fourth-order valence-electron chi connectivity index (χ4n) is 1.52. The van der Waals surface area contributed by atoms with Gasteiger partial charge in [0, 0.05) is 24.3 Å². The summed E-state index contributed by atoms with van der Waals surface area (Å²) < 4.78 is 1.91. The summed E-state index contributed by atoms with van der Waals surface area (Å²) in [6.45, 7) is 7.22. The van der Waals surface area contributed by atoms with Crippen LogP contribution >= 0.6 is 0 Å². The number of terminal acetylenes is 1. The highest BCUT2D eigenvalue weighted by Crippen LogP contribution is 2.12. The van der Waals surface area contributed by atoms with Crippen molar-refractivity contribution in [3.05, 3.63) is 17.0 Å². The van der Waals surface area contributed by atoms with E-state index in [1.165, 1.54) is 0 Å². The third-order valence-corrected chi connectivity index (χ3v) is 2.39. The highest BCUT2D eigenvalue weighted by Gasteiger charge is 2.10. The first kappa shape index (κ1) is 11.3. The number of hydrogen-bond acceptors (Lipinski definition) is 2. The van der Waals surface area contributed by atoms with E-state index in [0.29, 0.717) is 6.54 Å². The zero-order valence-electron chi connectivity index (χ0n) is 9.29. The maximum Gasteiger partial charge on any atom is 0.295 e. The minimum atomic E-state index is -0.391. The van der Waals surface area contributed by atoms with E-state index in [4.69, 9.17) is 6.42 Å². The number of aryl methyl sites for hydroxylation is 2. The maximum absolute atomic E-state index is 10.9. The molecule has 1 rings (SSSR count). The molecule has 0 aliphatic rings. The van der Waals surface area contributed by atoms with Gasteiger partial charge in [-0.3, -0.25) is 9.48 Å². The topological polar surface area (TPSA) is 46.9 Å². The predicted molar refractivity (Wildman–Crippen MR) is 58.1 cm³/mol. The third-order valence-electron chi connectivity index (χ3n) is 2.39. The van der Waals surface area contributed by atoms with Crippen LogP contribution in [-0.4, -0.2) is 15.7 Å². The Morgan fingerprint density at radius 3 is 2.73 bits per heavy atom. The summed E-state index contributed by atoms with van der Waals surface area (Å²) in [7, 11) is 0. The summed E-state index contributed by atoms with van der Waals surface area (Å²) >= 11 is 0. The van der Waals surface area contributed by atoms with E-state index in [9.17, 15) is 4.79 Å². The van der Waals surface area contributed by atoms with Crippen molar-refractivity contribution in [2.45, 2.75) is 33.9 Å². The lowest BCUT2D eigenvalue weighted by molar-refractivity contribution is -0.115. The summed E-state index contributed by atoms with van der Waals surface area (Å²) in [6.07, 6.45) is 4.96. The van der Waals surface area contributed by atoms with E-state index >= 15 is 0 Å². The molecule has 1 aromatic rings. The molecule has 0 aliphatic carbocycles. The van der Waals surface area contributed by atoms with Gasteiger partial charge in [0.15, 0.2) is 0 Å². The number of aromatic nitrogens is 2. The average Bonchev–Trinajstić information content (AvgIpc) is 2.51. The van der Waals surface area contributed by atoms with Crippen molar-refractivity contribution in [3.63, 3.8) is 0 Å². The number of amides is 1. The van der Waals surface area contributed by atoms with E-state index in [1.807, 2.05) is 31.4 Å². The van der Waals surface area contributed by atoms with Gasteiger partial charge < -0.3 is 5.32 Å². The Kier molecular flexibility index (Phi) is 3.51. The monoisotopic (exact) mass is 205 g/mol. The number of carbonyl (C=O) groups excluding carboxylic acids is 1. The second-order valence-corrected chi connectivity index (χ2v) is 3.29. The van der Waals surface area contributed by atoms with Crippen LogP contribution < -0.4 is 5.32 Å². The lowest BCUT2D eigenvalue weighted by atomic mass is 10.2. The number of hydrogen-bond donors (Lipinski definition) is 1. The van der Waals surface area contributed by atoms with Gasteiger partial charge in [-0.25, -0.2) is 0 Å². The van der Waals surface area contributed by atoms with Crippen LogP contribution in [0.4, 0.5) is 0 Å². The molecule has 1 aromatic heterocycles. The highest BCUT2D eigenvalue weighted by atomic mass is 16.1. The van der Waals surface area contributed by atoms with E-state index in [-0.39, 0.29) is 0 Å². The van der Waals surface area contributed by atoms with Crippen molar-refractivity contribution in [2.24, 2.45) is 0 Å². The molecule has 0 bridgehead atoms. The van der Waals surface area contributed by atoms with Crippen LogP contribution in [0.5, 0.6) is 0 Å². The van der Waals surface area contributed by atoms with E-state index in [0.717, 1.165) is 23.5 Å². The molecule has 0 aromatic carbocycles. The Morgan fingerprint density at radius 2 is 2.27 bits per heavy atom. The number of carbonyl (C=O) groups is 1. The standard InChI is InChI=1S/C11H15N3O/c1-5-11(15)12-7-10-8(3)13-14(6-2)9(10)4/h1H,6-7H2,2-4H3,(H,12,15). The quantitative estimate of drug-likeness (QED) is 0.741. The zero-order valence-corrected chi connectivity index (χ0v) is 9.29. The number of nitrogens with zero attached hydrogens (tertiary/aromatic N) is 2. The minimum Gasteiger partial charge on any atom is -0.341 e. The van der Waals surface area contributed by atoms with Crippen LogP contribution in [0.2, 0.25) is 0 Å². The molecule has 0 aliphatic heterocycles. The van der Waals surface area contributed by atoms with Crippen LogP contribution in [0, 0.1) is 26.2 Å². The smallest absolute Gasteiger partial charge is 0.295 e. The average molecular weight is 205 g/mol. The molecule has 0 atom stereocenters. The van der Waals surface area contributed by atoms with Gasteiger partial charge in [-0.15, -0.1) is 6.42 Å². The molecule has 0 unspecified atom stereocenters. The van der Waals surface area contributed by atoms with Gasteiger partial charge in [0.25, 0.3) is 5.91 Å². The zero-order chi connectivity index (χ0) is 11.4. The molecular weight excluding hydrogens is 190 g/mol. The highest BCUT2D eigenvalue weighted by molar-refractivity contribution is 5.92. The Hall–Kier alpha value is -1.76. The second kappa shape index (κ2) is 4.65. The SMILES string of the molecule is C#CC(=O)NCc1c(C)nn(CC)c1C. The largest absolute Gasteiger partial charge is 0.341 e. The van der Waals surface area contributed by atoms with Crippen molar-refractivity contribution in [1.82, 2.24) is 15.1 Å². The van der Waals surface area contributed by atoms with Crippen molar-refractivity contribution in [3.8, 4) is 12.3 Å². The molecular formula is C11H15N3O. The summed E-state index contributed by atoms with van der Waals surface area (Å²) in [6, 6.07) is 0. The molecule has 0 fully saturated rings.